The molecule has 2 aromatic rings. The first-order valence-corrected chi connectivity index (χ1v) is 9.90. The Morgan fingerprint density at radius 1 is 1.07 bits per heavy atom. The topological polar surface area (TPSA) is 58.4 Å². The van der Waals surface area contributed by atoms with Crippen LogP contribution in [0.1, 0.15) is 43.7 Å². The van der Waals surface area contributed by atoms with Crippen LogP contribution in [0.25, 0.3) is 0 Å². The molecule has 0 spiro atoms. The lowest BCUT2D eigenvalue weighted by Crippen LogP contribution is -2.41. The Bertz CT molecular complexity index is 765. The average Bonchev–Trinajstić information content (AvgIpc) is 3.12. The largest absolute Gasteiger partial charge is 0.330 e. The van der Waals surface area contributed by atoms with E-state index in [4.69, 9.17) is 5.73 Å². The minimum absolute atomic E-state index is 0. The van der Waals surface area contributed by atoms with Crippen LogP contribution in [0.3, 0.4) is 0 Å². The quantitative estimate of drug-likeness (QED) is 0.761. The van der Waals surface area contributed by atoms with Gasteiger partial charge in [-0.1, -0.05) is 62.4 Å². The van der Waals surface area contributed by atoms with Gasteiger partial charge in [0.05, 0.1) is 6.04 Å². The highest BCUT2D eigenvalue weighted by atomic mass is 35.5. The molecular weight excluding hydrogens is 370 g/mol. The van der Waals surface area contributed by atoms with Crippen molar-refractivity contribution < 1.29 is 4.79 Å². The maximum absolute atomic E-state index is 12.9. The van der Waals surface area contributed by atoms with Gasteiger partial charge in [0.15, 0.2) is 0 Å². The first-order chi connectivity index (χ1) is 13.0. The number of nitrogens with zero attached hydrogens (tertiary/aromatic N) is 1. The molecule has 28 heavy (non-hydrogen) atoms. The predicted molar refractivity (Wildman–Crippen MR) is 119 cm³/mol. The average molecular weight is 402 g/mol. The molecule has 5 heteroatoms. The van der Waals surface area contributed by atoms with Crippen LogP contribution in [-0.4, -0.2) is 36.5 Å². The SMILES string of the molecule is CC(C)c1ccccc1NC(=O)C(C)N1C[C@@H](CN)[C@H](c2ccccc2)C1.Cl. The second kappa shape index (κ2) is 10.1. The van der Waals surface area contributed by atoms with Crippen LogP contribution in [0, 0.1) is 5.92 Å². The fourth-order valence-electron chi connectivity index (χ4n) is 4.05. The van der Waals surface area contributed by atoms with Crippen LogP contribution in [0.2, 0.25) is 0 Å². The van der Waals surface area contributed by atoms with E-state index in [2.05, 4.69) is 54.4 Å². The van der Waals surface area contributed by atoms with E-state index >= 15 is 0 Å². The van der Waals surface area contributed by atoms with Crippen molar-refractivity contribution in [2.45, 2.75) is 38.6 Å². The molecule has 3 N–H and O–H groups in total. The number of anilines is 1. The molecular formula is C23H32ClN3O. The smallest absolute Gasteiger partial charge is 0.241 e. The molecule has 1 unspecified atom stereocenters. The lowest BCUT2D eigenvalue weighted by atomic mass is 9.89. The van der Waals surface area contributed by atoms with Crippen molar-refractivity contribution in [1.29, 1.82) is 0 Å². The predicted octanol–water partition coefficient (Wildman–Crippen LogP) is 4.23. The minimum atomic E-state index is -0.187. The second-order valence-corrected chi connectivity index (χ2v) is 7.87. The molecule has 3 rings (SSSR count). The van der Waals surface area contributed by atoms with Gasteiger partial charge in [0.1, 0.15) is 0 Å². The molecule has 0 aromatic heterocycles. The monoisotopic (exact) mass is 401 g/mol. The van der Waals surface area contributed by atoms with E-state index in [0.29, 0.717) is 24.3 Å². The Balaban J connectivity index is 0.00000280. The molecule has 1 saturated heterocycles. The lowest BCUT2D eigenvalue weighted by Gasteiger charge is -2.24. The molecule has 152 valence electrons. The van der Waals surface area contributed by atoms with Crippen molar-refractivity contribution >= 4 is 24.0 Å². The van der Waals surface area contributed by atoms with Crippen molar-refractivity contribution in [2.75, 3.05) is 25.0 Å². The highest BCUT2D eigenvalue weighted by Gasteiger charge is 2.36. The van der Waals surface area contributed by atoms with Crippen LogP contribution in [0.15, 0.2) is 54.6 Å². The van der Waals surface area contributed by atoms with Gasteiger partial charge in [-0.05, 0) is 42.5 Å². The van der Waals surface area contributed by atoms with Crippen molar-refractivity contribution in [3.63, 3.8) is 0 Å². The van der Waals surface area contributed by atoms with Crippen molar-refractivity contribution in [1.82, 2.24) is 4.90 Å². The summed E-state index contributed by atoms with van der Waals surface area (Å²) >= 11 is 0. The van der Waals surface area contributed by atoms with Crippen molar-refractivity contribution in [3.8, 4) is 0 Å². The number of amides is 1. The number of halogens is 1. The maximum atomic E-state index is 12.9. The summed E-state index contributed by atoms with van der Waals surface area (Å²) in [5.41, 5.74) is 9.45. The number of hydrogen-bond donors (Lipinski definition) is 2. The van der Waals surface area contributed by atoms with E-state index in [-0.39, 0.29) is 24.4 Å². The molecule has 1 aliphatic rings. The number of carbonyl (C=O) groups excluding carboxylic acids is 1. The summed E-state index contributed by atoms with van der Waals surface area (Å²) in [5.74, 6) is 1.18. The van der Waals surface area contributed by atoms with Crippen LogP contribution in [0.4, 0.5) is 5.69 Å². The third-order valence-corrected chi connectivity index (χ3v) is 5.77. The Kier molecular flexibility index (Phi) is 8.05. The third-order valence-electron chi connectivity index (χ3n) is 5.77. The Morgan fingerprint density at radius 3 is 2.36 bits per heavy atom. The van der Waals surface area contributed by atoms with E-state index in [9.17, 15) is 4.79 Å². The molecule has 1 heterocycles. The molecule has 4 nitrogen and oxygen atoms in total. The van der Waals surface area contributed by atoms with Crippen LogP contribution in [-0.2, 0) is 4.79 Å². The van der Waals surface area contributed by atoms with Gasteiger partial charge in [-0.2, -0.15) is 0 Å². The summed E-state index contributed by atoms with van der Waals surface area (Å²) in [7, 11) is 0. The molecule has 0 radical (unpaired) electrons. The Morgan fingerprint density at radius 2 is 1.71 bits per heavy atom. The number of likely N-dealkylation sites (tertiary alicyclic amines) is 1. The summed E-state index contributed by atoms with van der Waals surface area (Å²) in [6, 6.07) is 18.4. The van der Waals surface area contributed by atoms with E-state index < -0.39 is 0 Å². The minimum Gasteiger partial charge on any atom is -0.330 e. The zero-order valence-corrected chi connectivity index (χ0v) is 17.8. The number of nitrogens with one attached hydrogen (secondary N) is 1. The van der Waals surface area contributed by atoms with Crippen LogP contribution in [0.5, 0.6) is 0 Å². The van der Waals surface area contributed by atoms with Gasteiger partial charge in [0.2, 0.25) is 5.91 Å². The summed E-state index contributed by atoms with van der Waals surface area (Å²) in [4.78, 5) is 15.2. The molecule has 2 aromatic carbocycles. The molecule has 0 aliphatic carbocycles. The van der Waals surface area contributed by atoms with Crippen LogP contribution >= 0.6 is 12.4 Å². The summed E-state index contributed by atoms with van der Waals surface area (Å²) in [6.07, 6.45) is 0. The molecule has 3 atom stereocenters. The van der Waals surface area contributed by atoms with E-state index in [1.165, 1.54) is 11.1 Å². The van der Waals surface area contributed by atoms with Gasteiger partial charge in [0.25, 0.3) is 0 Å². The zero-order valence-electron chi connectivity index (χ0n) is 17.0. The fourth-order valence-corrected chi connectivity index (χ4v) is 4.05. The van der Waals surface area contributed by atoms with E-state index in [1.54, 1.807) is 0 Å². The Hall–Kier alpha value is -1.88. The number of para-hydroxylation sites is 1. The van der Waals surface area contributed by atoms with Gasteiger partial charge < -0.3 is 11.1 Å². The summed E-state index contributed by atoms with van der Waals surface area (Å²) in [5, 5.41) is 3.14. The molecule has 0 saturated carbocycles. The van der Waals surface area contributed by atoms with E-state index in [0.717, 1.165) is 18.8 Å². The third kappa shape index (κ3) is 4.93. The maximum Gasteiger partial charge on any atom is 0.241 e. The molecule has 0 bridgehead atoms. The van der Waals surface area contributed by atoms with Gasteiger partial charge in [-0.15, -0.1) is 12.4 Å². The van der Waals surface area contributed by atoms with Gasteiger partial charge in [-0.3, -0.25) is 9.69 Å². The number of nitrogens with two attached hydrogens (primary N) is 1. The molecule has 1 amide bonds. The van der Waals surface area contributed by atoms with Crippen molar-refractivity contribution in [3.05, 3.63) is 65.7 Å². The molecule has 1 aliphatic heterocycles. The van der Waals surface area contributed by atoms with Crippen molar-refractivity contribution in [2.24, 2.45) is 11.7 Å². The van der Waals surface area contributed by atoms with Gasteiger partial charge in [0, 0.05) is 24.7 Å². The standard InChI is InChI=1S/C23H31N3O.ClH/c1-16(2)20-11-7-8-12-22(20)25-23(27)17(3)26-14-19(13-24)21(15-26)18-9-5-4-6-10-18;/h4-12,16-17,19,21H,13-15,24H2,1-3H3,(H,25,27);1H/t17?,19-,21+;/m1./s1. The van der Waals surface area contributed by atoms with Gasteiger partial charge >= 0.3 is 0 Å². The van der Waals surface area contributed by atoms with Crippen LogP contribution < -0.4 is 11.1 Å². The lowest BCUT2D eigenvalue weighted by molar-refractivity contribution is -0.120. The number of benzene rings is 2. The second-order valence-electron chi connectivity index (χ2n) is 7.87. The number of hydrogen-bond acceptors (Lipinski definition) is 3. The highest BCUT2D eigenvalue weighted by Crippen LogP contribution is 2.33. The first kappa shape index (κ1) is 22.4. The van der Waals surface area contributed by atoms with Gasteiger partial charge in [-0.25, -0.2) is 0 Å². The highest BCUT2D eigenvalue weighted by molar-refractivity contribution is 5.95. The number of rotatable bonds is 6. The van der Waals surface area contributed by atoms with E-state index in [1.807, 2.05) is 31.2 Å². The normalized spacial score (nSPS) is 20.6. The summed E-state index contributed by atoms with van der Waals surface area (Å²) < 4.78 is 0. The first-order valence-electron chi connectivity index (χ1n) is 9.90. The molecule has 1 fully saturated rings. The number of carbonyl (C=O) groups is 1. The fraction of sp³-hybridized carbons (Fsp3) is 0.435. The Labute approximate surface area is 174 Å². The summed E-state index contributed by atoms with van der Waals surface area (Å²) in [6.45, 7) is 8.65. The zero-order chi connectivity index (χ0) is 19.4.